The summed E-state index contributed by atoms with van der Waals surface area (Å²) in [4.78, 5) is 15.2. The standard InChI is InChI=1S/C17H18F2N2O3S2/c1-2-14-13-8-10-25-15(13)7-9-21(14)17(22)20-11-3-5-12(6-4-11)26(23,24)16(18)19/h3-6,8,10,14,16H,2,7,9H2,1H3,(H,20,22)/t14-/m0/s1. The summed E-state index contributed by atoms with van der Waals surface area (Å²) in [6.45, 7) is 2.61. The Morgan fingerprint density at radius 2 is 2.00 bits per heavy atom. The van der Waals surface area contributed by atoms with Crippen LogP contribution in [-0.4, -0.2) is 31.7 Å². The normalized spacial score (nSPS) is 17.2. The maximum absolute atomic E-state index is 12.6. The lowest BCUT2D eigenvalue weighted by atomic mass is 9.98. The molecular weight excluding hydrogens is 382 g/mol. The van der Waals surface area contributed by atoms with Crippen LogP contribution < -0.4 is 5.32 Å². The molecule has 26 heavy (non-hydrogen) atoms. The molecule has 9 heteroatoms. The largest absolute Gasteiger partial charge is 0.341 e. The van der Waals surface area contributed by atoms with Gasteiger partial charge >= 0.3 is 11.8 Å². The second-order valence-corrected chi connectivity index (χ2v) is 8.85. The summed E-state index contributed by atoms with van der Waals surface area (Å²) in [7, 11) is -4.64. The molecule has 1 aromatic heterocycles. The van der Waals surface area contributed by atoms with E-state index in [0.717, 1.165) is 30.5 Å². The van der Waals surface area contributed by atoms with Crippen LogP contribution in [0.15, 0.2) is 40.6 Å². The molecule has 1 aromatic carbocycles. The van der Waals surface area contributed by atoms with Crippen molar-refractivity contribution in [3.63, 3.8) is 0 Å². The molecule has 0 bridgehead atoms. The van der Waals surface area contributed by atoms with Crippen molar-refractivity contribution in [2.45, 2.75) is 36.5 Å². The van der Waals surface area contributed by atoms with Gasteiger partial charge in [-0.3, -0.25) is 0 Å². The maximum atomic E-state index is 12.6. The van der Waals surface area contributed by atoms with Crippen LogP contribution in [0.3, 0.4) is 0 Å². The van der Waals surface area contributed by atoms with Gasteiger partial charge in [0, 0.05) is 17.1 Å². The van der Waals surface area contributed by atoms with Gasteiger partial charge in [0.2, 0.25) is 9.84 Å². The van der Waals surface area contributed by atoms with Gasteiger partial charge in [0.15, 0.2) is 0 Å². The van der Waals surface area contributed by atoms with Gasteiger partial charge in [-0.15, -0.1) is 11.3 Å². The number of anilines is 1. The number of halogens is 2. The number of benzene rings is 1. The summed E-state index contributed by atoms with van der Waals surface area (Å²) in [6.07, 6.45) is 1.57. The van der Waals surface area contributed by atoms with Gasteiger partial charge in [0.25, 0.3) is 0 Å². The first-order valence-corrected chi connectivity index (χ1v) is 10.5. The SMILES string of the molecule is CC[C@H]1c2ccsc2CCN1C(=O)Nc1ccc(S(=O)(=O)C(F)F)cc1. The molecule has 2 heterocycles. The van der Waals surface area contributed by atoms with Gasteiger partial charge in [-0.25, -0.2) is 13.2 Å². The van der Waals surface area contributed by atoms with Crippen LogP contribution in [0.2, 0.25) is 0 Å². The number of nitrogens with zero attached hydrogens (tertiary/aromatic N) is 1. The Balaban J connectivity index is 1.74. The van der Waals surface area contributed by atoms with Gasteiger partial charge in [-0.1, -0.05) is 6.92 Å². The molecular formula is C17H18F2N2O3S2. The van der Waals surface area contributed by atoms with Crippen LogP contribution in [0.25, 0.3) is 0 Å². The van der Waals surface area contributed by atoms with E-state index in [4.69, 9.17) is 0 Å². The van der Waals surface area contributed by atoms with E-state index in [1.807, 2.05) is 18.4 Å². The Hall–Kier alpha value is -2.00. The van der Waals surface area contributed by atoms with Crippen molar-refractivity contribution in [2.75, 3.05) is 11.9 Å². The number of carbonyl (C=O) groups is 1. The van der Waals surface area contributed by atoms with Crippen molar-refractivity contribution >= 4 is 32.9 Å². The van der Waals surface area contributed by atoms with E-state index in [1.165, 1.54) is 17.0 Å². The first kappa shape index (κ1) is 18.8. The fourth-order valence-corrected chi connectivity index (χ4v) is 4.76. The number of nitrogens with one attached hydrogen (secondary N) is 1. The Bertz CT molecular complexity index is 895. The van der Waals surface area contributed by atoms with Crippen molar-refractivity contribution in [3.8, 4) is 0 Å². The molecule has 2 aromatic rings. The highest BCUT2D eigenvalue weighted by atomic mass is 32.2. The number of hydrogen-bond acceptors (Lipinski definition) is 4. The van der Waals surface area contributed by atoms with E-state index in [1.54, 1.807) is 16.2 Å². The lowest BCUT2D eigenvalue weighted by Crippen LogP contribution is -2.41. The van der Waals surface area contributed by atoms with Crippen LogP contribution in [-0.2, 0) is 16.3 Å². The van der Waals surface area contributed by atoms with Crippen molar-refractivity contribution in [3.05, 3.63) is 46.2 Å². The van der Waals surface area contributed by atoms with Crippen molar-refractivity contribution in [1.82, 2.24) is 4.90 Å². The summed E-state index contributed by atoms with van der Waals surface area (Å²) < 4.78 is 48.0. The second kappa shape index (κ2) is 7.32. The molecule has 0 aliphatic carbocycles. The Kier molecular flexibility index (Phi) is 5.29. The topological polar surface area (TPSA) is 66.5 Å². The van der Waals surface area contributed by atoms with Gasteiger partial charge in [0.1, 0.15) is 0 Å². The van der Waals surface area contributed by atoms with Crippen LogP contribution >= 0.6 is 11.3 Å². The van der Waals surface area contributed by atoms with Crippen LogP contribution in [0.5, 0.6) is 0 Å². The van der Waals surface area contributed by atoms with Gasteiger partial charge in [-0.05, 0) is 54.1 Å². The molecule has 0 saturated heterocycles. The second-order valence-electron chi connectivity index (χ2n) is 5.93. The van der Waals surface area contributed by atoms with E-state index in [-0.39, 0.29) is 12.1 Å². The van der Waals surface area contributed by atoms with E-state index in [2.05, 4.69) is 5.32 Å². The Labute approximate surface area is 154 Å². The first-order chi connectivity index (χ1) is 12.3. The smallest absolute Gasteiger partial charge is 0.317 e. The predicted octanol–water partition coefficient (Wildman–Crippen LogP) is 4.29. The van der Waals surface area contributed by atoms with Crippen molar-refractivity contribution in [2.24, 2.45) is 0 Å². The molecule has 0 spiro atoms. The zero-order chi connectivity index (χ0) is 18.9. The van der Waals surface area contributed by atoms with Crippen LogP contribution in [0, 0.1) is 0 Å². The van der Waals surface area contributed by atoms with E-state index < -0.39 is 20.5 Å². The summed E-state index contributed by atoms with van der Waals surface area (Å²) >= 11 is 1.69. The zero-order valence-electron chi connectivity index (χ0n) is 14.0. The summed E-state index contributed by atoms with van der Waals surface area (Å²) in [5.74, 6) is -3.47. The highest BCUT2D eigenvalue weighted by Crippen LogP contribution is 2.35. The number of rotatable bonds is 4. The quantitative estimate of drug-likeness (QED) is 0.833. The van der Waals surface area contributed by atoms with Crippen LogP contribution in [0.4, 0.5) is 19.3 Å². The fraction of sp³-hybridized carbons (Fsp3) is 0.353. The van der Waals surface area contributed by atoms with Gasteiger partial charge in [-0.2, -0.15) is 8.78 Å². The van der Waals surface area contributed by atoms with E-state index in [0.29, 0.717) is 12.2 Å². The molecule has 0 radical (unpaired) electrons. The number of urea groups is 1. The molecule has 0 unspecified atom stereocenters. The van der Waals surface area contributed by atoms with Crippen molar-refractivity contribution < 1.29 is 22.0 Å². The Morgan fingerprint density at radius 3 is 2.62 bits per heavy atom. The number of hydrogen-bond donors (Lipinski definition) is 1. The highest BCUT2D eigenvalue weighted by Gasteiger charge is 2.30. The molecule has 2 amide bonds. The van der Waals surface area contributed by atoms with Crippen molar-refractivity contribution in [1.29, 1.82) is 0 Å². The average molecular weight is 400 g/mol. The molecule has 1 aliphatic rings. The van der Waals surface area contributed by atoms with E-state index >= 15 is 0 Å². The maximum Gasteiger partial charge on any atom is 0.341 e. The third-order valence-corrected chi connectivity index (χ3v) is 6.81. The van der Waals surface area contributed by atoms with Gasteiger partial charge in [0.05, 0.1) is 10.9 Å². The average Bonchev–Trinajstić information content (AvgIpc) is 3.09. The first-order valence-electron chi connectivity index (χ1n) is 8.10. The minimum atomic E-state index is -4.64. The third kappa shape index (κ3) is 3.45. The summed E-state index contributed by atoms with van der Waals surface area (Å²) in [6, 6.07) is 6.50. The zero-order valence-corrected chi connectivity index (χ0v) is 15.6. The Morgan fingerprint density at radius 1 is 1.31 bits per heavy atom. The number of thiophene rings is 1. The minimum Gasteiger partial charge on any atom is -0.317 e. The molecule has 1 atom stereocenters. The molecule has 0 fully saturated rings. The number of amides is 2. The van der Waals surface area contributed by atoms with E-state index in [9.17, 15) is 22.0 Å². The van der Waals surface area contributed by atoms with Crippen LogP contribution in [0.1, 0.15) is 29.8 Å². The number of carbonyl (C=O) groups excluding carboxylic acids is 1. The molecule has 1 aliphatic heterocycles. The number of sulfone groups is 1. The molecule has 140 valence electrons. The molecule has 5 nitrogen and oxygen atoms in total. The fourth-order valence-electron chi connectivity index (χ4n) is 3.11. The molecule has 0 saturated carbocycles. The lowest BCUT2D eigenvalue weighted by molar-refractivity contribution is 0.181. The molecule has 3 rings (SSSR count). The van der Waals surface area contributed by atoms with Gasteiger partial charge < -0.3 is 10.2 Å². The lowest BCUT2D eigenvalue weighted by Gasteiger charge is -2.35. The number of alkyl halides is 2. The summed E-state index contributed by atoms with van der Waals surface area (Å²) in [5.41, 5.74) is 1.52. The minimum absolute atomic E-state index is 0.0107. The molecule has 1 N–H and O–H groups in total. The summed E-state index contributed by atoms with van der Waals surface area (Å²) in [5, 5.41) is 4.74. The highest BCUT2D eigenvalue weighted by molar-refractivity contribution is 7.91. The number of fused-ring (bicyclic) bond motifs is 1. The predicted molar refractivity (Wildman–Crippen MR) is 96.4 cm³/mol. The third-order valence-electron chi connectivity index (χ3n) is 4.41. The monoisotopic (exact) mass is 400 g/mol.